The summed E-state index contributed by atoms with van der Waals surface area (Å²) in [6, 6.07) is 4.05. The Labute approximate surface area is 251 Å². The van der Waals surface area contributed by atoms with Crippen LogP contribution in [0.15, 0.2) is 52.7 Å². The fourth-order valence-corrected chi connectivity index (χ4v) is 5.84. The van der Waals surface area contributed by atoms with Gasteiger partial charge in [-0.25, -0.2) is 18.9 Å². The van der Waals surface area contributed by atoms with E-state index in [2.05, 4.69) is 25.5 Å². The number of methoxy groups -OCH3 is 2. The van der Waals surface area contributed by atoms with Gasteiger partial charge in [0.05, 0.1) is 26.5 Å². The lowest BCUT2D eigenvalue weighted by Gasteiger charge is -2.32. The highest BCUT2D eigenvalue weighted by Crippen LogP contribution is 2.48. The molecule has 0 radical (unpaired) electrons. The van der Waals surface area contributed by atoms with Gasteiger partial charge in [0.1, 0.15) is 23.9 Å². The maximum atomic E-state index is 14.1. The second-order valence-corrected chi connectivity index (χ2v) is 10.7. The van der Waals surface area contributed by atoms with Crippen molar-refractivity contribution in [1.82, 2.24) is 30.3 Å². The molecule has 1 saturated heterocycles. The highest BCUT2D eigenvalue weighted by molar-refractivity contribution is 7.11. The molecule has 226 valence electrons. The van der Waals surface area contributed by atoms with E-state index in [9.17, 15) is 27.6 Å². The van der Waals surface area contributed by atoms with Gasteiger partial charge in [0.15, 0.2) is 10.8 Å². The molecule has 0 unspecified atom stereocenters. The third-order valence-electron chi connectivity index (χ3n) is 6.86. The first-order valence-corrected chi connectivity index (χ1v) is 13.8. The number of esters is 1. The van der Waals surface area contributed by atoms with Crippen molar-refractivity contribution in [2.24, 2.45) is 4.99 Å². The Bertz CT molecular complexity index is 1630. The molecule has 1 aromatic carbocycles. The van der Waals surface area contributed by atoms with Crippen LogP contribution in [0.25, 0.3) is 5.57 Å². The number of carbonyl (C=O) groups excluding carboxylic acids is 3. The van der Waals surface area contributed by atoms with E-state index >= 15 is 0 Å². The maximum Gasteiger partial charge on any atom is 0.407 e. The summed E-state index contributed by atoms with van der Waals surface area (Å²) in [4.78, 5) is 48.9. The number of alkyl carbamates (subject to hydrolysis) is 1. The topological polar surface area (TPSA) is 140 Å². The third kappa shape index (κ3) is 5.79. The van der Waals surface area contributed by atoms with Crippen LogP contribution in [-0.4, -0.2) is 76.3 Å². The van der Waals surface area contributed by atoms with Gasteiger partial charge >= 0.3 is 18.6 Å². The molecule has 12 nitrogen and oxygen atoms in total. The monoisotopic (exact) mass is 637 g/mol. The molecule has 1 fully saturated rings. The molecule has 4 heterocycles. The van der Waals surface area contributed by atoms with Gasteiger partial charge in [-0.05, 0) is 18.2 Å². The third-order valence-corrected chi connectivity index (χ3v) is 7.96. The van der Waals surface area contributed by atoms with E-state index in [0.29, 0.717) is 20.9 Å². The zero-order valence-electron chi connectivity index (χ0n) is 22.5. The number of ether oxygens (including phenoxy) is 2. The Kier molecular flexibility index (Phi) is 8.41. The van der Waals surface area contributed by atoms with Gasteiger partial charge < -0.3 is 25.0 Å². The predicted octanol–water partition coefficient (Wildman–Crippen LogP) is 3.53. The zero-order valence-corrected chi connectivity index (χ0v) is 24.1. The number of nitrogens with one attached hydrogen (secondary N) is 2. The molecule has 43 heavy (non-hydrogen) atoms. The average Bonchev–Trinajstić information content (AvgIpc) is 3.75. The number of halogens is 4. The van der Waals surface area contributed by atoms with Crippen LogP contribution in [0.1, 0.15) is 35.3 Å². The summed E-state index contributed by atoms with van der Waals surface area (Å²) >= 11 is 7.72. The number of aromatic nitrogens is 3. The lowest BCUT2D eigenvalue weighted by molar-refractivity contribution is -0.141. The van der Waals surface area contributed by atoms with E-state index in [0.717, 1.165) is 26.5 Å². The smallest absolute Gasteiger partial charge is 0.407 e. The Morgan fingerprint density at radius 1 is 1.23 bits per heavy atom. The number of benzene rings is 1. The SMILES string of the molecule is COC(=O)CNC(=O)[C@@]1(NC(=O)OC)CC2=C(c3ccn(C(F)F)n3)[C@H](c3ccc(F)cc3Cl)N=C(c3nccs3)N2C1. The van der Waals surface area contributed by atoms with Gasteiger partial charge in [0.2, 0.25) is 5.91 Å². The molecule has 2 amide bonds. The van der Waals surface area contributed by atoms with Gasteiger partial charge in [-0.3, -0.25) is 14.6 Å². The summed E-state index contributed by atoms with van der Waals surface area (Å²) in [6.45, 7) is -3.66. The molecule has 0 spiro atoms. The summed E-state index contributed by atoms with van der Waals surface area (Å²) in [7, 11) is 2.27. The van der Waals surface area contributed by atoms with Crippen molar-refractivity contribution in [2.45, 2.75) is 24.6 Å². The van der Waals surface area contributed by atoms with Crippen LogP contribution < -0.4 is 10.6 Å². The second-order valence-electron chi connectivity index (χ2n) is 9.40. The van der Waals surface area contributed by atoms with Crippen molar-refractivity contribution in [1.29, 1.82) is 0 Å². The molecule has 0 aliphatic carbocycles. The van der Waals surface area contributed by atoms with Crippen LogP contribution in [0.4, 0.5) is 18.0 Å². The summed E-state index contributed by atoms with van der Waals surface area (Å²) in [5.74, 6) is -1.80. The molecule has 2 atom stereocenters. The molecule has 2 N–H and O–H groups in total. The largest absolute Gasteiger partial charge is 0.468 e. The van der Waals surface area contributed by atoms with E-state index in [1.807, 2.05) is 0 Å². The molecule has 5 rings (SSSR count). The van der Waals surface area contributed by atoms with Crippen LogP contribution in [0, 0.1) is 5.82 Å². The molecule has 2 aliphatic heterocycles. The summed E-state index contributed by atoms with van der Waals surface area (Å²) in [5.41, 5.74) is -0.680. The molecular weight excluding hydrogens is 615 g/mol. The van der Waals surface area contributed by atoms with E-state index < -0.39 is 48.5 Å². The first-order chi connectivity index (χ1) is 20.6. The minimum absolute atomic E-state index is 0.0137. The fourth-order valence-electron chi connectivity index (χ4n) is 4.92. The number of amidine groups is 1. The van der Waals surface area contributed by atoms with E-state index in [1.165, 1.54) is 29.5 Å². The molecule has 2 aliphatic rings. The Hall–Kier alpha value is -4.44. The van der Waals surface area contributed by atoms with Crippen molar-refractivity contribution in [2.75, 3.05) is 27.3 Å². The minimum atomic E-state index is -2.95. The molecule has 17 heteroatoms. The molecule has 0 saturated carbocycles. The van der Waals surface area contributed by atoms with E-state index in [4.69, 9.17) is 21.3 Å². The Morgan fingerprint density at radius 2 is 2.02 bits per heavy atom. The summed E-state index contributed by atoms with van der Waals surface area (Å²) in [6.07, 6.45) is 1.47. The van der Waals surface area contributed by atoms with Crippen LogP contribution in [0.3, 0.4) is 0 Å². The van der Waals surface area contributed by atoms with Crippen LogP contribution in [-0.2, 0) is 19.1 Å². The van der Waals surface area contributed by atoms with Gasteiger partial charge in [-0.2, -0.15) is 13.9 Å². The standard InChI is InChI=1S/C26H23ClF3N7O5S/c1-41-18(38)11-32-23(39)26(34-25(40)42-2)10-17-19(16-5-7-37(35-16)24(29)30)20(14-4-3-13(28)9-15(14)27)33-21(36(17)12-26)22-31-6-8-43-22/h3-9,20,24H,10-12H2,1-2H3,(H,32,39)(H,34,40)/t20-,26+/m0/s1. The van der Waals surface area contributed by atoms with Gasteiger partial charge in [-0.1, -0.05) is 17.7 Å². The first-order valence-electron chi connectivity index (χ1n) is 12.5. The van der Waals surface area contributed by atoms with Gasteiger partial charge in [0, 0.05) is 46.1 Å². The van der Waals surface area contributed by atoms with Crippen molar-refractivity contribution in [3.05, 3.63) is 74.8 Å². The van der Waals surface area contributed by atoms with Crippen molar-refractivity contribution < 1.29 is 37.0 Å². The molecule has 0 bridgehead atoms. The lowest BCUT2D eigenvalue weighted by Crippen LogP contribution is -2.61. The molecule has 3 aromatic rings. The highest BCUT2D eigenvalue weighted by atomic mass is 35.5. The molecular formula is C26H23ClF3N7O5S. The quantitative estimate of drug-likeness (QED) is 0.358. The number of thiazole rings is 1. The van der Waals surface area contributed by atoms with Crippen molar-refractivity contribution >= 4 is 52.3 Å². The predicted molar refractivity (Wildman–Crippen MR) is 148 cm³/mol. The van der Waals surface area contributed by atoms with Gasteiger partial charge in [0.25, 0.3) is 0 Å². The molecule has 2 aromatic heterocycles. The van der Waals surface area contributed by atoms with Crippen molar-refractivity contribution in [3.63, 3.8) is 0 Å². The zero-order chi connectivity index (χ0) is 30.9. The number of hydrogen-bond acceptors (Lipinski definition) is 10. The van der Waals surface area contributed by atoms with Crippen LogP contribution in [0.5, 0.6) is 0 Å². The fraction of sp³-hybridized carbons (Fsp3) is 0.308. The number of fused-ring (bicyclic) bond motifs is 1. The number of amides is 2. The second kappa shape index (κ2) is 12.0. The van der Waals surface area contributed by atoms with Crippen LogP contribution >= 0.6 is 22.9 Å². The number of rotatable bonds is 8. The highest BCUT2D eigenvalue weighted by Gasteiger charge is 2.53. The number of alkyl halides is 2. The Balaban J connectivity index is 1.73. The first kappa shape index (κ1) is 30.0. The maximum absolute atomic E-state index is 14.1. The number of nitrogens with zero attached hydrogens (tertiary/aromatic N) is 5. The van der Waals surface area contributed by atoms with Crippen LogP contribution in [0.2, 0.25) is 5.02 Å². The lowest BCUT2D eigenvalue weighted by atomic mass is 9.89. The number of carbonyl (C=O) groups is 3. The van der Waals surface area contributed by atoms with E-state index in [1.54, 1.807) is 16.5 Å². The number of aliphatic imine (C=N–C) groups is 1. The van der Waals surface area contributed by atoms with E-state index in [-0.39, 0.29) is 35.1 Å². The number of hydrogen-bond donors (Lipinski definition) is 2. The minimum Gasteiger partial charge on any atom is -0.468 e. The van der Waals surface area contributed by atoms with Gasteiger partial charge in [-0.15, -0.1) is 11.3 Å². The Morgan fingerprint density at radius 3 is 2.65 bits per heavy atom. The summed E-state index contributed by atoms with van der Waals surface area (Å²) < 4.78 is 51.1. The normalized spacial score (nSPS) is 19.7. The van der Waals surface area contributed by atoms with Crippen molar-refractivity contribution in [3.8, 4) is 0 Å². The summed E-state index contributed by atoms with van der Waals surface area (Å²) in [5, 5.41) is 11.3. The average molecular weight is 638 g/mol.